The van der Waals surface area contributed by atoms with Crippen molar-refractivity contribution in [2.75, 3.05) is 17.5 Å². The first-order valence-corrected chi connectivity index (χ1v) is 12.4. The van der Waals surface area contributed by atoms with Crippen LogP contribution in [0.1, 0.15) is 58.3 Å². The zero-order valence-corrected chi connectivity index (χ0v) is 19.3. The van der Waals surface area contributed by atoms with Crippen molar-refractivity contribution < 1.29 is 17.6 Å². The van der Waals surface area contributed by atoms with Crippen molar-refractivity contribution in [2.24, 2.45) is 0 Å². The van der Waals surface area contributed by atoms with Crippen molar-refractivity contribution in [2.45, 2.75) is 46.1 Å². The lowest BCUT2D eigenvalue weighted by atomic mass is 9.98. The first-order valence-electron chi connectivity index (χ1n) is 10.5. The lowest BCUT2D eigenvalue weighted by Crippen LogP contribution is -2.39. The van der Waals surface area contributed by atoms with E-state index in [1.807, 2.05) is 26.8 Å². The van der Waals surface area contributed by atoms with Gasteiger partial charge in [-0.05, 0) is 63.8 Å². The molecule has 4 rings (SSSR count). The summed E-state index contributed by atoms with van der Waals surface area (Å²) in [5.74, 6) is -1.05. The number of likely N-dealkylation sites (tertiary alicyclic amines) is 1. The Kier molecular flexibility index (Phi) is 5.66. The number of carbonyl (C=O) groups excluding carboxylic acids is 1. The Morgan fingerprint density at radius 1 is 1.19 bits per heavy atom. The number of hydrogen-bond acceptors (Lipinski definition) is 5. The van der Waals surface area contributed by atoms with Crippen LogP contribution in [0.25, 0.3) is 5.65 Å². The number of halogens is 1. The second-order valence-electron chi connectivity index (χ2n) is 8.32. The van der Waals surface area contributed by atoms with Crippen LogP contribution in [0.5, 0.6) is 0 Å². The minimum Gasteiger partial charge on any atom is -0.330 e. The van der Waals surface area contributed by atoms with Crippen LogP contribution in [0, 0.1) is 26.6 Å². The van der Waals surface area contributed by atoms with Crippen LogP contribution in [0.2, 0.25) is 0 Å². The first-order chi connectivity index (χ1) is 15.0. The summed E-state index contributed by atoms with van der Waals surface area (Å²) in [6, 6.07) is 5.04. The van der Waals surface area contributed by atoms with Gasteiger partial charge in [0.15, 0.2) is 5.65 Å². The molecule has 1 aromatic carbocycles. The molecule has 1 N–H and O–H groups in total. The lowest BCUT2D eigenvalue weighted by molar-refractivity contribution is 0.0606. The zero-order valence-electron chi connectivity index (χ0n) is 18.5. The van der Waals surface area contributed by atoms with Crippen LogP contribution < -0.4 is 4.72 Å². The molecule has 1 amide bonds. The summed E-state index contributed by atoms with van der Waals surface area (Å²) in [6.45, 7) is 6.39. The van der Waals surface area contributed by atoms with Crippen molar-refractivity contribution >= 4 is 27.3 Å². The van der Waals surface area contributed by atoms with Gasteiger partial charge in [-0.3, -0.25) is 9.52 Å². The molecule has 10 heteroatoms. The molecule has 0 radical (unpaired) electrons. The van der Waals surface area contributed by atoms with Gasteiger partial charge in [-0.1, -0.05) is 0 Å². The van der Waals surface area contributed by atoms with E-state index in [4.69, 9.17) is 5.10 Å². The van der Waals surface area contributed by atoms with E-state index >= 15 is 0 Å². The molecule has 0 spiro atoms. The van der Waals surface area contributed by atoms with Gasteiger partial charge in [0, 0.05) is 24.0 Å². The van der Waals surface area contributed by atoms with Gasteiger partial charge in [-0.2, -0.15) is 5.10 Å². The third-order valence-corrected chi connectivity index (χ3v) is 6.60. The van der Waals surface area contributed by atoms with Gasteiger partial charge < -0.3 is 4.90 Å². The molecule has 1 aliphatic heterocycles. The monoisotopic (exact) mass is 459 g/mol. The Hall–Kier alpha value is -3.01. The highest BCUT2D eigenvalue weighted by molar-refractivity contribution is 7.92. The molecule has 170 valence electrons. The van der Waals surface area contributed by atoms with E-state index in [2.05, 4.69) is 9.71 Å². The van der Waals surface area contributed by atoms with E-state index in [1.165, 1.54) is 6.07 Å². The average molecular weight is 460 g/mol. The van der Waals surface area contributed by atoms with Gasteiger partial charge in [-0.15, -0.1) is 0 Å². The predicted octanol–water partition coefficient (Wildman–Crippen LogP) is 3.53. The Morgan fingerprint density at radius 2 is 1.94 bits per heavy atom. The summed E-state index contributed by atoms with van der Waals surface area (Å²) < 4.78 is 41.6. The maximum atomic E-state index is 14.0. The highest BCUT2D eigenvalue weighted by atomic mass is 32.2. The van der Waals surface area contributed by atoms with Crippen molar-refractivity contribution in [3.63, 3.8) is 0 Å². The van der Waals surface area contributed by atoms with Crippen molar-refractivity contribution in [3.05, 3.63) is 58.3 Å². The standard InChI is InChI=1S/C22H26FN5O3S/c1-13-14(2)24-21-12-19(25-28(21)15(13)3)20-7-5-6-10-27(20)22(29)17-11-16(23)8-9-18(17)26-32(4,30)31/h8-9,11-12,20,26H,5-7,10H2,1-4H3/t20-/m1/s1. The molecule has 1 fully saturated rings. The summed E-state index contributed by atoms with van der Waals surface area (Å²) in [5, 5.41) is 4.74. The molecule has 0 unspecified atom stereocenters. The van der Waals surface area contributed by atoms with Crippen molar-refractivity contribution in [1.82, 2.24) is 19.5 Å². The quantitative estimate of drug-likeness (QED) is 0.644. The van der Waals surface area contributed by atoms with Crippen LogP contribution in [-0.4, -0.2) is 46.6 Å². The van der Waals surface area contributed by atoms with Crippen LogP contribution in [0.3, 0.4) is 0 Å². The molecule has 32 heavy (non-hydrogen) atoms. The van der Waals surface area contributed by atoms with Crippen LogP contribution in [0.4, 0.5) is 10.1 Å². The zero-order chi connectivity index (χ0) is 23.2. The summed E-state index contributed by atoms with van der Waals surface area (Å²) in [4.78, 5) is 19.8. The third kappa shape index (κ3) is 4.19. The summed E-state index contributed by atoms with van der Waals surface area (Å²) in [5.41, 5.74) is 4.43. The first kappa shape index (κ1) is 22.2. The number of benzene rings is 1. The maximum absolute atomic E-state index is 14.0. The number of anilines is 1. The Morgan fingerprint density at radius 3 is 2.66 bits per heavy atom. The van der Waals surface area contributed by atoms with E-state index < -0.39 is 21.7 Å². The third-order valence-electron chi connectivity index (χ3n) is 6.01. The van der Waals surface area contributed by atoms with Crippen LogP contribution in [0.15, 0.2) is 24.3 Å². The highest BCUT2D eigenvalue weighted by Crippen LogP contribution is 2.33. The number of nitrogens with one attached hydrogen (secondary N) is 1. The molecule has 0 saturated carbocycles. The van der Waals surface area contributed by atoms with E-state index in [0.29, 0.717) is 24.3 Å². The van der Waals surface area contributed by atoms with Gasteiger partial charge in [0.05, 0.1) is 29.2 Å². The fraction of sp³-hybridized carbons (Fsp3) is 0.409. The minimum absolute atomic E-state index is 0.0212. The highest BCUT2D eigenvalue weighted by Gasteiger charge is 2.32. The number of piperidine rings is 1. The number of rotatable bonds is 4. The largest absolute Gasteiger partial charge is 0.330 e. The predicted molar refractivity (Wildman–Crippen MR) is 120 cm³/mol. The molecule has 1 aliphatic rings. The smallest absolute Gasteiger partial charge is 0.256 e. The van der Waals surface area contributed by atoms with E-state index in [-0.39, 0.29) is 17.3 Å². The fourth-order valence-electron chi connectivity index (χ4n) is 4.17. The Labute approximate surface area is 186 Å². The second kappa shape index (κ2) is 8.16. The van der Waals surface area contributed by atoms with E-state index in [0.717, 1.165) is 48.2 Å². The fourth-order valence-corrected chi connectivity index (χ4v) is 4.75. The summed E-state index contributed by atoms with van der Waals surface area (Å²) in [6.07, 6.45) is 3.42. The number of sulfonamides is 1. The number of hydrogen-bond donors (Lipinski definition) is 1. The molecule has 3 heterocycles. The molecule has 2 aromatic heterocycles. The van der Waals surface area contributed by atoms with Gasteiger partial charge >= 0.3 is 0 Å². The maximum Gasteiger partial charge on any atom is 0.256 e. The molecule has 0 aliphatic carbocycles. The lowest BCUT2D eigenvalue weighted by Gasteiger charge is -2.35. The number of aryl methyl sites for hydroxylation is 2. The number of aromatic nitrogens is 3. The number of carbonyl (C=O) groups is 1. The molecule has 1 atom stereocenters. The van der Waals surface area contributed by atoms with Gasteiger partial charge in [0.2, 0.25) is 10.0 Å². The molecular weight excluding hydrogens is 433 g/mol. The normalized spacial score (nSPS) is 17.0. The van der Waals surface area contributed by atoms with Gasteiger partial charge in [-0.25, -0.2) is 22.3 Å². The van der Waals surface area contributed by atoms with Crippen LogP contribution in [-0.2, 0) is 10.0 Å². The Bertz CT molecular complexity index is 1320. The Balaban J connectivity index is 1.75. The summed E-state index contributed by atoms with van der Waals surface area (Å²) >= 11 is 0. The molecular formula is C22H26FN5O3S. The molecule has 1 saturated heterocycles. The summed E-state index contributed by atoms with van der Waals surface area (Å²) in [7, 11) is -3.64. The van der Waals surface area contributed by atoms with E-state index in [1.54, 1.807) is 9.42 Å². The van der Waals surface area contributed by atoms with Crippen LogP contribution >= 0.6 is 0 Å². The molecule has 3 aromatic rings. The second-order valence-corrected chi connectivity index (χ2v) is 10.1. The number of amides is 1. The van der Waals surface area contributed by atoms with E-state index in [9.17, 15) is 17.6 Å². The van der Waals surface area contributed by atoms with Crippen molar-refractivity contribution in [3.8, 4) is 0 Å². The van der Waals surface area contributed by atoms with Gasteiger partial charge in [0.1, 0.15) is 5.82 Å². The topological polar surface area (TPSA) is 96.7 Å². The number of fused-ring (bicyclic) bond motifs is 1. The van der Waals surface area contributed by atoms with Crippen molar-refractivity contribution in [1.29, 1.82) is 0 Å². The average Bonchev–Trinajstić information content (AvgIpc) is 3.16. The number of nitrogens with zero attached hydrogens (tertiary/aromatic N) is 4. The minimum atomic E-state index is -3.64. The van der Waals surface area contributed by atoms with Gasteiger partial charge in [0.25, 0.3) is 5.91 Å². The SMILES string of the molecule is Cc1nc2cc([C@H]3CCCCN3C(=O)c3cc(F)ccc3NS(C)(=O)=O)nn2c(C)c1C. The molecule has 8 nitrogen and oxygen atoms in total. The molecule has 0 bridgehead atoms.